The predicted octanol–water partition coefficient (Wildman–Crippen LogP) is 2.86. The molecule has 1 saturated heterocycles. The van der Waals surface area contributed by atoms with Crippen LogP contribution in [0.1, 0.15) is 33.6 Å². The highest BCUT2D eigenvalue weighted by Gasteiger charge is 2.22. The van der Waals surface area contributed by atoms with E-state index in [4.69, 9.17) is 9.47 Å². The SMILES string of the molecule is COc1cc(NC(=O)c2ccccc2)c(C(=O)NC2CCNCC2)cc1OC.Cl. The quantitative estimate of drug-likeness (QED) is 0.670. The summed E-state index contributed by atoms with van der Waals surface area (Å²) in [6.45, 7) is 1.74. The van der Waals surface area contributed by atoms with E-state index in [1.54, 1.807) is 36.4 Å². The molecule has 0 radical (unpaired) electrons. The highest BCUT2D eigenvalue weighted by Crippen LogP contribution is 2.33. The minimum absolute atomic E-state index is 0. The summed E-state index contributed by atoms with van der Waals surface area (Å²) in [6.07, 6.45) is 1.73. The highest BCUT2D eigenvalue weighted by atomic mass is 35.5. The van der Waals surface area contributed by atoms with Crippen LogP contribution in [-0.2, 0) is 0 Å². The van der Waals surface area contributed by atoms with Crippen LogP contribution in [-0.4, -0.2) is 45.2 Å². The fourth-order valence-electron chi connectivity index (χ4n) is 3.18. The van der Waals surface area contributed by atoms with Gasteiger partial charge in [-0.05, 0) is 44.1 Å². The highest BCUT2D eigenvalue weighted by molar-refractivity contribution is 6.09. The van der Waals surface area contributed by atoms with Gasteiger partial charge in [0.25, 0.3) is 11.8 Å². The van der Waals surface area contributed by atoms with Crippen molar-refractivity contribution in [1.82, 2.24) is 10.6 Å². The van der Waals surface area contributed by atoms with Crippen LogP contribution >= 0.6 is 12.4 Å². The van der Waals surface area contributed by atoms with Crippen LogP contribution in [0.5, 0.6) is 11.5 Å². The molecule has 8 heteroatoms. The molecular formula is C21H26ClN3O4. The number of carbonyl (C=O) groups excluding carboxylic acids is 2. The number of methoxy groups -OCH3 is 2. The van der Waals surface area contributed by atoms with Crippen LogP contribution in [0.2, 0.25) is 0 Å². The number of halogens is 1. The third kappa shape index (κ3) is 5.62. The summed E-state index contributed by atoms with van der Waals surface area (Å²) in [6, 6.07) is 12.1. The molecule has 156 valence electrons. The van der Waals surface area contributed by atoms with Crippen LogP contribution < -0.4 is 25.4 Å². The molecular weight excluding hydrogens is 394 g/mol. The van der Waals surface area contributed by atoms with Gasteiger partial charge in [0.15, 0.2) is 11.5 Å². The molecule has 0 bridgehead atoms. The van der Waals surface area contributed by atoms with Crippen molar-refractivity contribution >= 4 is 29.9 Å². The van der Waals surface area contributed by atoms with E-state index >= 15 is 0 Å². The molecule has 3 N–H and O–H groups in total. The van der Waals surface area contributed by atoms with Gasteiger partial charge in [-0.25, -0.2) is 0 Å². The number of hydrogen-bond donors (Lipinski definition) is 3. The summed E-state index contributed by atoms with van der Waals surface area (Å²) in [7, 11) is 3.02. The molecule has 29 heavy (non-hydrogen) atoms. The zero-order chi connectivity index (χ0) is 19.9. The Hall–Kier alpha value is -2.77. The van der Waals surface area contributed by atoms with E-state index in [9.17, 15) is 9.59 Å². The zero-order valence-electron chi connectivity index (χ0n) is 16.5. The molecule has 2 aromatic rings. The lowest BCUT2D eigenvalue weighted by Crippen LogP contribution is -2.42. The molecule has 0 unspecified atom stereocenters. The van der Waals surface area contributed by atoms with Gasteiger partial charge in [-0.15, -0.1) is 12.4 Å². The number of hydrogen-bond acceptors (Lipinski definition) is 5. The lowest BCUT2D eigenvalue weighted by Gasteiger charge is -2.24. The Kier molecular flexibility index (Phi) is 8.30. The number of anilines is 1. The molecule has 0 atom stereocenters. The maximum absolute atomic E-state index is 12.9. The second-order valence-electron chi connectivity index (χ2n) is 6.57. The smallest absolute Gasteiger partial charge is 0.255 e. The van der Waals surface area contributed by atoms with Crippen molar-refractivity contribution in [2.45, 2.75) is 18.9 Å². The molecule has 2 aromatic carbocycles. The van der Waals surface area contributed by atoms with E-state index < -0.39 is 0 Å². The molecule has 1 aliphatic heterocycles. The normalized spacial score (nSPS) is 13.7. The van der Waals surface area contributed by atoms with Gasteiger partial charge in [0.05, 0.1) is 25.5 Å². The van der Waals surface area contributed by atoms with Crippen LogP contribution in [0.25, 0.3) is 0 Å². The van der Waals surface area contributed by atoms with Crippen LogP contribution in [0.15, 0.2) is 42.5 Å². The fourth-order valence-corrected chi connectivity index (χ4v) is 3.18. The summed E-state index contributed by atoms with van der Waals surface area (Å²) >= 11 is 0. The Bertz CT molecular complexity index is 839. The van der Waals surface area contributed by atoms with E-state index in [1.807, 2.05) is 6.07 Å². The van der Waals surface area contributed by atoms with Gasteiger partial charge in [0.1, 0.15) is 0 Å². The van der Waals surface area contributed by atoms with Gasteiger partial charge in [0, 0.05) is 17.7 Å². The van der Waals surface area contributed by atoms with E-state index in [-0.39, 0.29) is 30.3 Å². The van der Waals surface area contributed by atoms with Crippen LogP contribution in [0.4, 0.5) is 5.69 Å². The van der Waals surface area contributed by atoms with E-state index in [1.165, 1.54) is 14.2 Å². The first-order valence-corrected chi connectivity index (χ1v) is 9.26. The van der Waals surface area contributed by atoms with E-state index in [0.29, 0.717) is 28.3 Å². The maximum atomic E-state index is 12.9. The molecule has 1 heterocycles. The average molecular weight is 420 g/mol. The maximum Gasteiger partial charge on any atom is 0.255 e. The Morgan fingerprint density at radius 2 is 1.59 bits per heavy atom. The molecule has 0 saturated carbocycles. The van der Waals surface area contributed by atoms with E-state index in [0.717, 1.165) is 25.9 Å². The number of ether oxygens (including phenoxy) is 2. The van der Waals surface area contributed by atoms with Crippen molar-refractivity contribution in [1.29, 1.82) is 0 Å². The lowest BCUT2D eigenvalue weighted by molar-refractivity contribution is 0.0930. The van der Waals surface area contributed by atoms with Crippen molar-refractivity contribution in [3.8, 4) is 11.5 Å². The summed E-state index contributed by atoms with van der Waals surface area (Å²) in [5.74, 6) is 0.305. The summed E-state index contributed by atoms with van der Waals surface area (Å²) in [5.41, 5.74) is 1.21. The standard InChI is InChI=1S/C21H25N3O4.ClH/c1-27-18-12-16(21(26)23-15-8-10-22-11-9-15)17(13-19(18)28-2)24-20(25)14-6-4-3-5-7-14;/h3-7,12-13,15,22H,8-11H2,1-2H3,(H,23,26)(H,24,25);1H. The molecule has 1 aliphatic rings. The number of benzene rings is 2. The number of amides is 2. The van der Waals surface area contributed by atoms with Crippen molar-refractivity contribution in [3.05, 3.63) is 53.6 Å². The average Bonchev–Trinajstić information content (AvgIpc) is 2.74. The zero-order valence-corrected chi connectivity index (χ0v) is 17.3. The van der Waals surface area contributed by atoms with Crippen molar-refractivity contribution < 1.29 is 19.1 Å². The first-order valence-electron chi connectivity index (χ1n) is 9.26. The molecule has 0 spiro atoms. The first kappa shape index (κ1) is 22.5. The van der Waals surface area contributed by atoms with E-state index in [2.05, 4.69) is 16.0 Å². The molecule has 0 aromatic heterocycles. The largest absolute Gasteiger partial charge is 0.493 e. The molecule has 3 rings (SSSR count). The third-order valence-corrected chi connectivity index (χ3v) is 4.73. The van der Waals surface area contributed by atoms with Gasteiger partial charge >= 0.3 is 0 Å². The topological polar surface area (TPSA) is 88.7 Å². The van der Waals surface area contributed by atoms with Gasteiger partial charge in [0.2, 0.25) is 0 Å². The third-order valence-electron chi connectivity index (χ3n) is 4.73. The minimum Gasteiger partial charge on any atom is -0.493 e. The summed E-state index contributed by atoms with van der Waals surface area (Å²) < 4.78 is 10.7. The number of rotatable bonds is 6. The van der Waals surface area contributed by atoms with Crippen LogP contribution in [0, 0.1) is 0 Å². The van der Waals surface area contributed by atoms with Crippen molar-refractivity contribution in [2.24, 2.45) is 0 Å². The Morgan fingerprint density at radius 1 is 0.966 bits per heavy atom. The van der Waals surface area contributed by atoms with Gasteiger partial charge in [-0.1, -0.05) is 18.2 Å². The second kappa shape index (κ2) is 10.7. The van der Waals surface area contributed by atoms with Crippen molar-refractivity contribution in [2.75, 3.05) is 32.6 Å². The van der Waals surface area contributed by atoms with Crippen molar-refractivity contribution in [3.63, 3.8) is 0 Å². The predicted molar refractivity (Wildman–Crippen MR) is 115 cm³/mol. The molecule has 7 nitrogen and oxygen atoms in total. The van der Waals surface area contributed by atoms with Gasteiger partial charge in [-0.2, -0.15) is 0 Å². The summed E-state index contributed by atoms with van der Waals surface area (Å²) in [5, 5.41) is 9.15. The van der Waals surface area contributed by atoms with Gasteiger partial charge in [-0.3, -0.25) is 9.59 Å². The Labute approximate surface area is 176 Å². The number of piperidine rings is 1. The second-order valence-corrected chi connectivity index (χ2v) is 6.57. The minimum atomic E-state index is -0.302. The fraction of sp³-hybridized carbons (Fsp3) is 0.333. The summed E-state index contributed by atoms with van der Waals surface area (Å²) in [4.78, 5) is 25.6. The van der Waals surface area contributed by atoms with Crippen LogP contribution in [0.3, 0.4) is 0 Å². The molecule has 2 amide bonds. The van der Waals surface area contributed by atoms with Gasteiger partial charge < -0.3 is 25.4 Å². The molecule has 0 aliphatic carbocycles. The first-order chi connectivity index (χ1) is 13.6. The number of nitrogens with one attached hydrogen (secondary N) is 3. The Balaban J connectivity index is 0.00000300. The number of carbonyl (C=O) groups is 2. The lowest BCUT2D eigenvalue weighted by atomic mass is 10.0. The monoisotopic (exact) mass is 419 g/mol. The Morgan fingerprint density at radius 3 is 2.21 bits per heavy atom. The molecule has 1 fully saturated rings.